The highest BCUT2D eigenvalue weighted by atomic mass is 19.4. The zero-order chi connectivity index (χ0) is 25.0. The van der Waals surface area contributed by atoms with Crippen molar-refractivity contribution in [2.75, 3.05) is 0 Å². The molecule has 0 saturated heterocycles. The zero-order valence-electron chi connectivity index (χ0n) is 18.2. The van der Waals surface area contributed by atoms with E-state index in [9.17, 15) is 27.2 Å². The highest BCUT2D eigenvalue weighted by molar-refractivity contribution is 5.94. The maximum atomic E-state index is 14.6. The number of nitrogens with zero attached hydrogens (tertiary/aromatic N) is 2. The van der Waals surface area contributed by atoms with Gasteiger partial charge in [0.05, 0.1) is 23.7 Å². The van der Waals surface area contributed by atoms with E-state index in [1.165, 1.54) is 35.2 Å². The minimum atomic E-state index is -4.54. The van der Waals surface area contributed by atoms with Crippen molar-refractivity contribution >= 4 is 5.91 Å². The third-order valence-electron chi connectivity index (χ3n) is 5.35. The number of alkyl halides is 3. The third kappa shape index (κ3) is 5.63. The molecule has 1 N–H and O–H groups in total. The molecule has 2 aromatic heterocycles. The Balaban J connectivity index is 1.66. The molecule has 0 bridgehead atoms. The number of pyridine rings is 2. The summed E-state index contributed by atoms with van der Waals surface area (Å²) in [5, 5.41) is 2.64. The lowest BCUT2D eigenvalue weighted by atomic mass is 10.0. The smallest absolute Gasteiger partial charge is 0.339 e. The van der Waals surface area contributed by atoms with Gasteiger partial charge in [-0.1, -0.05) is 42.5 Å². The van der Waals surface area contributed by atoms with Gasteiger partial charge in [0.15, 0.2) is 0 Å². The molecule has 35 heavy (non-hydrogen) atoms. The van der Waals surface area contributed by atoms with Crippen LogP contribution in [0.1, 0.15) is 38.8 Å². The van der Waals surface area contributed by atoms with E-state index in [0.29, 0.717) is 0 Å². The van der Waals surface area contributed by atoms with Gasteiger partial charge < -0.3 is 9.88 Å². The first-order chi connectivity index (χ1) is 16.7. The average Bonchev–Trinajstić information content (AvgIpc) is 2.84. The molecule has 0 aliphatic carbocycles. The lowest BCUT2D eigenvalue weighted by Crippen LogP contribution is -2.32. The van der Waals surface area contributed by atoms with Crippen LogP contribution < -0.4 is 10.9 Å². The molecule has 0 saturated carbocycles. The minimum absolute atomic E-state index is 0.119. The van der Waals surface area contributed by atoms with Crippen molar-refractivity contribution in [2.45, 2.75) is 18.8 Å². The molecule has 5 nitrogen and oxygen atoms in total. The molecule has 1 atom stereocenters. The predicted octanol–water partition coefficient (Wildman–Crippen LogP) is 4.97. The van der Waals surface area contributed by atoms with Crippen LogP contribution in [0.15, 0.2) is 96.1 Å². The Labute approximate surface area is 197 Å². The number of halogens is 4. The second kappa shape index (κ2) is 9.92. The first kappa shape index (κ1) is 23.9. The number of benzene rings is 2. The van der Waals surface area contributed by atoms with Crippen molar-refractivity contribution < 1.29 is 22.4 Å². The maximum Gasteiger partial charge on any atom is 0.416 e. The zero-order valence-corrected chi connectivity index (χ0v) is 18.2. The lowest BCUT2D eigenvalue weighted by Gasteiger charge is -2.20. The molecular formula is C26H19F4N3O2. The van der Waals surface area contributed by atoms with E-state index in [1.807, 2.05) is 30.3 Å². The van der Waals surface area contributed by atoms with Crippen LogP contribution in [-0.4, -0.2) is 15.5 Å². The summed E-state index contributed by atoms with van der Waals surface area (Å²) in [6.07, 6.45) is -1.84. The van der Waals surface area contributed by atoms with Crippen molar-refractivity contribution in [3.05, 3.63) is 135 Å². The molecule has 2 heterocycles. The molecule has 0 fully saturated rings. The van der Waals surface area contributed by atoms with E-state index in [2.05, 4.69) is 10.3 Å². The summed E-state index contributed by atoms with van der Waals surface area (Å²) in [7, 11) is 0. The van der Waals surface area contributed by atoms with Crippen LogP contribution in [0.4, 0.5) is 17.6 Å². The number of carbonyl (C=O) groups excluding carboxylic acids is 1. The Morgan fingerprint density at radius 1 is 0.943 bits per heavy atom. The maximum absolute atomic E-state index is 14.6. The Bertz CT molecular complexity index is 1380. The fourth-order valence-electron chi connectivity index (χ4n) is 3.57. The first-order valence-corrected chi connectivity index (χ1v) is 10.6. The third-order valence-corrected chi connectivity index (χ3v) is 5.35. The van der Waals surface area contributed by atoms with Crippen LogP contribution in [0.2, 0.25) is 0 Å². The second-order valence-electron chi connectivity index (χ2n) is 7.77. The molecule has 178 valence electrons. The summed E-state index contributed by atoms with van der Waals surface area (Å²) in [4.78, 5) is 29.4. The largest absolute Gasteiger partial charge is 0.416 e. The number of hydrogen-bond donors (Lipinski definition) is 1. The highest BCUT2D eigenvalue weighted by Crippen LogP contribution is 2.31. The summed E-state index contributed by atoms with van der Waals surface area (Å²) >= 11 is 0. The van der Waals surface area contributed by atoms with Gasteiger partial charge in [0.25, 0.3) is 11.5 Å². The van der Waals surface area contributed by atoms with Gasteiger partial charge in [0.2, 0.25) is 0 Å². The van der Waals surface area contributed by atoms with Crippen molar-refractivity contribution in [1.82, 2.24) is 14.9 Å². The van der Waals surface area contributed by atoms with E-state index in [0.717, 1.165) is 35.9 Å². The second-order valence-corrected chi connectivity index (χ2v) is 7.77. The van der Waals surface area contributed by atoms with E-state index >= 15 is 0 Å². The molecule has 0 unspecified atom stereocenters. The average molecular weight is 481 g/mol. The topological polar surface area (TPSA) is 64.0 Å². The van der Waals surface area contributed by atoms with E-state index in [1.54, 1.807) is 0 Å². The molecule has 4 rings (SSSR count). The van der Waals surface area contributed by atoms with E-state index < -0.39 is 29.5 Å². The van der Waals surface area contributed by atoms with E-state index in [4.69, 9.17) is 0 Å². The Morgan fingerprint density at radius 3 is 2.31 bits per heavy atom. The van der Waals surface area contributed by atoms with Crippen LogP contribution in [0.5, 0.6) is 0 Å². The molecular weight excluding hydrogens is 462 g/mol. The van der Waals surface area contributed by atoms with Crippen LogP contribution in [0.25, 0.3) is 0 Å². The van der Waals surface area contributed by atoms with Crippen LogP contribution in [-0.2, 0) is 12.7 Å². The van der Waals surface area contributed by atoms with Crippen LogP contribution >= 0.6 is 0 Å². The van der Waals surface area contributed by atoms with Crippen molar-refractivity contribution in [3.63, 3.8) is 0 Å². The molecule has 9 heteroatoms. The molecule has 4 aromatic rings. The number of carbonyl (C=O) groups is 1. The quantitative estimate of drug-likeness (QED) is 0.396. The lowest BCUT2D eigenvalue weighted by molar-refractivity contribution is -0.137. The Kier molecular flexibility index (Phi) is 6.77. The summed E-state index contributed by atoms with van der Waals surface area (Å²) in [5.74, 6) is -1.38. The molecule has 0 aliphatic heterocycles. The van der Waals surface area contributed by atoms with Gasteiger partial charge in [-0.3, -0.25) is 14.6 Å². The number of amides is 1. The van der Waals surface area contributed by atoms with Crippen molar-refractivity contribution in [2.24, 2.45) is 0 Å². The normalized spacial score (nSPS) is 12.2. The summed E-state index contributed by atoms with van der Waals surface area (Å²) < 4.78 is 54.9. The standard InChI is InChI=1S/C26H19F4N3O2/c27-21-7-4-14-31-24(21)23(18-8-11-20(12-9-18)26(28,29)30)32-25(35)19-10-13-22(34)33(16-19)15-17-5-2-1-3-6-17/h1-14,16,23H,15H2,(H,32,35)/t23-/m0/s1. The number of aromatic nitrogens is 2. The highest BCUT2D eigenvalue weighted by Gasteiger charge is 2.31. The van der Waals surface area contributed by atoms with Gasteiger partial charge in [-0.15, -0.1) is 0 Å². The predicted molar refractivity (Wildman–Crippen MR) is 121 cm³/mol. The fraction of sp³-hybridized carbons (Fsp3) is 0.115. The van der Waals surface area contributed by atoms with Gasteiger partial charge in [0.1, 0.15) is 11.5 Å². The van der Waals surface area contributed by atoms with E-state index in [-0.39, 0.29) is 28.9 Å². The van der Waals surface area contributed by atoms with Crippen molar-refractivity contribution in [1.29, 1.82) is 0 Å². The monoisotopic (exact) mass is 481 g/mol. The van der Waals surface area contributed by atoms with Gasteiger partial charge >= 0.3 is 6.18 Å². The number of hydrogen-bond acceptors (Lipinski definition) is 3. The fourth-order valence-corrected chi connectivity index (χ4v) is 3.57. The SMILES string of the molecule is O=C(N[C@@H](c1ccc(C(F)(F)F)cc1)c1ncccc1F)c1ccc(=O)n(Cc2ccccc2)c1. The number of nitrogens with one attached hydrogen (secondary N) is 1. The minimum Gasteiger partial charge on any atom is -0.339 e. The summed E-state index contributed by atoms with van der Waals surface area (Å²) in [5.41, 5.74) is -0.167. The molecule has 0 spiro atoms. The molecule has 1 amide bonds. The summed E-state index contributed by atoms with van der Waals surface area (Å²) in [6.45, 7) is 0.234. The van der Waals surface area contributed by atoms with Gasteiger partial charge in [-0.05, 0) is 41.5 Å². The van der Waals surface area contributed by atoms with Crippen LogP contribution in [0.3, 0.4) is 0 Å². The van der Waals surface area contributed by atoms with Crippen molar-refractivity contribution in [3.8, 4) is 0 Å². The molecule has 2 aromatic carbocycles. The van der Waals surface area contributed by atoms with Gasteiger partial charge in [-0.25, -0.2) is 4.39 Å². The molecule has 0 radical (unpaired) electrons. The molecule has 0 aliphatic rings. The Hall–Kier alpha value is -4.27. The van der Waals surface area contributed by atoms with Gasteiger partial charge in [0, 0.05) is 18.5 Å². The Morgan fingerprint density at radius 2 is 1.66 bits per heavy atom. The summed E-state index contributed by atoms with van der Waals surface area (Å²) in [6, 6.07) is 17.1. The van der Waals surface area contributed by atoms with Gasteiger partial charge in [-0.2, -0.15) is 13.2 Å². The number of rotatable bonds is 6. The van der Waals surface area contributed by atoms with Crippen LogP contribution in [0, 0.1) is 5.82 Å². The first-order valence-electron chi connectivity index (χ1n) is 10.6.